The van der Waals surface area contributed by atoms with E-state index in [1.807, 2.05) is 6.07 Å². The van der Waals surface area contributed by atoms with Crippen molar-refractivity contribution in [2.75, 3.05) is 25.6 Å². The Hall–Kier alpha value is -3.89. The van der Waals surface area contributed by atoms with Gasteiger partial charge in [-0.2, -0.15) is 8.78 Å². The van der Waals surface area contributed by atoms with E-state index >= 15 is 0 Å². The van der Waals surface area contributed by atoms with Crippen LogP contribution in [0.4, 0.5) is 19.0 Å². The van der Waals surface area contributed by atoms with Gasteiger partial charge in [-0.1, -0.05) is 6.07 Å². The Morgan fingerprint density at radius 1 is 1.16 bits per heavy atom. The minimum atomic E-state index is -2.96. The third kappa shape index (κ3) is 6.10. The van der Waals surface area contributed by atoms with Gasteiger partial charge in [-0.3, -0.25) is 4.79 Å². The number of anilines is 1. The molecular formula is C26H28F3N5O3. The molecule has 4 rings (SSSR count). The monoisotopic (exact) mass is 515 g/mol. The second-order valence-corrected chi connectivity index (χ2v) is 8.73. The second kappa shape index (κ2) is 11.4. The van der Waals surface area contributed by atoms with E-state index in [0.29, 0.717) is 35.7 Å². The number of aryl methyl sites for hydroxylation is 2. The summed E-state index contributed by atoms with van der Waals surface area (Å²) in [7, 11) is 1.43. The smallest absolute Gasteiger partial charge is 0.388 e. The molecular weight excluding hydrogens is 487 g/mol. The molecule has 1 atom stereocenters. The predicted molar refractivity (Wildman–Crippen MR) is 131 cm³/mol. The molecule has 0 saturated heterocycles. The van der Waals surface area contributed by atoms with Gasteiger partial charge in [0, 0.05) is 35.5 Å². The number of alkyl halides is 2. The first-order valence-electron chi connectivity index (χ1n) is 11.9. The normalized spacial score (nSPS) is 14.6. The van der Waals surface area contributed by atoms with E-state index in [2.05, 4.69) is 20.0 Å². The number of aromatic nitrogens is 3. The summed E-state index contributed by atoms with van der Waals surface area (Å²) in [6.45, 7) is 1.19. The maximum absolute atomic E-state index is 14.4. The molecule has 4 heterocycles. The quantitative estimate of drug-likeness (QED) is 0.498. The fraction of sp³-hybridized carbons (Fsp3) is 0.385. The first-order chi connectivity index (χ1) is 17.8. The van der Waals surface area contributed by atoms with E-state index in [1.165, 1.54) is 19.2 Å². The number of fused-ring (bicyclic) bond motifs is 1. The molecule has 3 aromatic heterocycles. The molecule has 0 fully saturated rings. The van der Waals surface area contributed by atoms with Crippen molar-refractivity contribution < 1.29 is 27.4 Å². The number of rotatable bonds is 6. The van der Waals surface area contributed by atoms with Gasteiger partial charge >= 0.3 is 6.61 Å². The van der Waals surface area contributed by atoms with E-state index in [0.717, 1.165) is 24.6 Å². The number of hydrogen-bond donors (Lipinski definition) is 1. The Morgan fingerprint density at radius 2 is 1.97 bits per heavy atom. The molecule has 0 spiro atoms. The van der Waals surface area contributed by atoms with Crippen molar-refractivity contribution in [1.29, 1.82) is 0 Å². The van der Waals surface area contributed by atoms with Crippen LogP contribution in [-0.2, 0) is 11.2 Å². The van der Waals surface area contributed by atoms with Crippen LogP contribution in [0.2, 0.25) is 0 Å². The van der Waals surface area contributed by atoms with Gasteiger partial charge in [0.25, 0.3) is 0 Å². The zero-order valence-electron chi connectivity index (χ0n) is 20.8. The highest BCUT2D eigenvalue weighted by atomic mass is 19.3. The summed E-state index contributed by atoms with van der Waals surface area (Å²) < 4.78 is 49.2. The second-order valence-electron chi connectivity index (χ2n) is 8.73. The number of hydrogen-bond acceptors (Lipinski definition) is 7. The standard InChI is InChI=1S/C26H28F3N5O3/c1-15(18-12-23(36-3)30-13-20(18)27)25(35)34-10-5-4-7-17-11-19(16(2)32-24(17)31-14-34)21-8-6-9-22(33-21)37-26(28)29/h6,8-9,11-13,15,26H,4-5,7,10,14H2,1-3H3,(H,31,32)/t15-/m1/s1. The third-order valence-corrected chi connectivity index (χ3v) is 6.28. The van der Waals surface area contributed by atoms with Gasteiger partial charge in [0.2, 0.25) is 17.7 Å². The molecule has 3 aromatic rings. The molecule has 0 aromatic carbocycles. The van der Waals surface area contributed by atoms with Gasteiger partial charge in [-0.25, -0.2) is 19.3 Å². The number of methoxy groups -OCH3 is 1. The van der Waals surface area contributed by atoms with Crippen LogP contribution in [0.3, 0.4) is 0 Å². The average Bonchev–Trinajstić information content (AvgIpc) is 2.98. The number of nitrogens with zero attached hydrogens (tertiary/aromatic N) is 4. The SMILES string of the molecule is COc1cc([C@@H](C)C(=O)N2CCCCc3cc(-c4cccc(OC(F)F)n4)c(C)nc3NC2)c(F)cn1. The molecule has 11 heteroatoms. The van der Waals surface area contributed by atoms with Crippen LogP contribution in [0, 0.1) is 12.7 Å². The molecule has 37 heavy (non-hydrogen) atoms. The molecule has 1 amide bonds. The molecule has 8 nitrogen and oxygen atoms in total. The lowest BCUT2D eigenvalue weighted by Crippen LogP contribution is -2.39. The number of ether oxygens (including phenoxy) is 2. The van der Waals surface area contributed by atoms with Gasteiger partial charge in [0.05, 0.1) is 31.6 Å². The highest BCUT2D eigenvalue weighted by Gasteiger charge is 2.26. The molecule has 0 radical (unpaired) electrons. The van der Waals surface area contributed by atoms with Crippen molar-refractivity contribution in [3.05, 3.63) is 59.2 Å². The van der Waals surface area contributed by atoms with Crippen LogP contribution in [0.1, 0.15) is 42.5 Å². The van der Waals surface area contributed by atoms with Gasteiger partial charge in [0.1, 0.15) is 11.6 Å². The van der Waals surface area contributed by atoms with Gasteiger partial charge in [-0.05, 0) is 50.8 Å². The summed E-state index contributed by atoms with van der Waals surface area (Å²) in [5, 5.41) is 3.26. The van der Waals surface area contributed by atoms with E-state index in [-0.39, 0.29) is 29.9 Å². The van der Waals surface area contributed by atoms with E-state index in [4.69, 9.17) is 9.72 Å². The lowest BCUT2D eigenvalue weighted by atomic mass is 10.00. The number of pyridine rings is 3. The largest absolute Gasteiger partial charge is 0.481 e. The van der Waals surface area contributed by atoms with Gasteiger partial charge < -0.3 is 19.7 Å². The maximum Gasteiger partial charge on any atom is 0.388 e. The Bertz CT molecular complexity index is 1270. The predicted octanol–water partition coefficient (Wildman–Crippen LogP) is 4.93. The minimum absolute atomic E-state index is 0.167. The Balaban J connectivity index is 1.55. The molecule has 1 N–H and O–H groups in total. The summed E-state index contributed by atoms with van der Waals surface area (Å²) in [5.74, 6) is -0.818. The summed E-state index contributed by atoms with van der Waals surface area (Å²) in [4.78, 5) is 27.7. The fourth-order valence-corrected chi connectivity index (χ4v) is 4.31. The van der Waals surface area contributed by atoms with E-state index in [1.54, 1.807) is 30.9 Å². The summed E-state index contributed by atoms with van der Waals surface area (Å²) in [6.07, 6.45) is 3.28. The number of carbonyl (C=O) groups is 1. The third-order valence-electron chi connectivity index (χ3n) is 6.28. The summed E-state index contributed by atoms with van der Waals surface area (Å²) >= 11 is 0. The topological polar surface area (TPSA) is 89.5 Å². The molecule has 0 aliphatic carbocycles. The highest BCUT2D eigenvalue weighted by molar-refractivity contribution is 5.83. The summed E-state index contributed by atoms with van der Waals surface area (Å²) in [5.41, 5.74) is 2.98. The van der Waals surface area contributed by atoms with Crippen molar-refractivity contribution in [3.63, 3.8) is 0 Å². The first kappa shape index (κ1) is 26.2. The van der Waals surface area contributed by atoms with E-state index in [9.17, 15) is 18.0 Å². The summed E-state index contributed by atoms with van der Waals surface area (Å²) in [6, 6.07) is 8.08. The van der Waals surface area contributed by atoms with Crippen molar-refractivity contribution in [1.82, 2.24) is 19.9 Å². The Morgan fingerprint density at radius 3 is 2.73 bits per heavy atom. The molecule has 1 aliphatic heterocycles. The van der Waals surface area contributed by atoms with Crippen LogP contribution in [0.15, 0.2) is 36.5 Å². The minimum Gasteiger partial charge on any atom is -0.481 e. The van der Waals surface area contributed by atoms with Gasteiger partial charge in [0.15, 0.2) is 0 Å². The lowest BCUT2D eigenvalue weighted by Gasteiger charge is -2.26. The van der Waals surface area contributed by atoms with Gasteiger partial charge in [-0.15, -0.1) is 0 Å². The zero-order valence-corrected chi connectivity index (χ0v) is 20.8. The molecule has 1 aliphatic rings. The highest BCUT2D eigenvalue weighted by Crippen LogP contribution is 2.30. The molecule has 0 bridgehead atoms. The molecule has 0 unspecified atom stereocenters. The van der Waals surface area contributed by atoms with Crippen molar-refractivity contribution in [2.45, 2.75) is 45.6 Å². The number of amides is 1. The van der Waals surface area contributed by atoms with Crippen molar-refractivity contribution in [2.24, 2.45) is 0 Å². The fourth-order valence-electron chi connectivity index (χ4n) is 4.31. The maximum atomic E-state index is 14.4. The van der Waals surface area contributed by atoms with Crippen LogP contribution >= 0.6 is 0 Å². The van der Waals surface area contributed by atoms with Crippen LogP contribution < -0.4 is 14.8 Å². The zero-order chi connectivity index (χ0) is 26.5. The Labute approximate surface area is 212 Å². The van der Waals surface area contributed by atoms with Crippen LogP contribution in [0.25, 0.3) is 11.3 Å². The average molecular weight is 516 g/mol. The molecule has 196 valence electrons. The van der Waals surface area contributed by atoms with E-state index < -0.39 is 18.3 Å². The first-order valence-corrected chi connectivity index (χ1v) is 11.9. The van der Waals surface area contributed by atoms with Crippen molar-refractivity contribution >= 4 is 11.7 Å². The Kier molecular flexibility index (Phi) is 8.10. The number of halogens is 3. The number of nitrogens with one attached hydrogen (secondary N) is 1. The lowest BCUT2D eigenvalue weighted by molar-refractivity contribution is -0.132. The van der Waals surface area contributed by atoms with Crippen LogP contribution in [0.5, 0.6) is 11.8 Å². The van der Waals surface area contributed by atoms with Crippen LogP contribution in [-0.4, -0.2) is 52.7 Å². The molecule has 0 saturated carbocycles. The van der Waals surface area contributed by atoms with Crippen molar-refractivity contribution in [3.8, 4) is 23.0 Å². The number of carbonyl (C=O) groups excluding carboxylic acids is 1.